The largest absolute Gasteiger partial charge is 0.381 e. The number of aliphatic hydroxyl groups excluding tert-OH is 1. The monoisotopic (exact) mass is 235 g/mol. The lowest BCUT2D eigenvalue weighted by molar-refractivity contribution is 0.248. The van der Waals surface area contributed by atoms with Crippen molar-refractivity contribution in [3.05, 3.63) is 34.2 Å². The summed E-state index contributed by atoms with van der Waals surface area (Å²) in [6.45, 7) is 4.81. The number of aromatic amines is 2. The molecule has 2 rings (SSSR count). The first-order chi connectivity index (χ1) is 8.03. The highest BCUT2D eigenvalue weighted by Crippen LogP contribution is 2.24. The number of aliphatic hydroxyl groups is 1. The van der Waals surface area contributed by atoms with Crippen molar-refractivity contribution in [3.8, 4) is 0 Å². The van der Waals surface area contributed by atoms with Crippen LogP contribution in [0, 0.1) is 0 Å². The van der Waals surface area contributed by atoms with E-state index in [0.29, 0.717) is 6.54 Å². The molecule has 5 heteroatoms. The van der Waals surface area contributed by atoms with Crippen LogP contribution in [0.1, 0.15) is 19.4 Å². The SMILES string of the molecule is CC(C)(CNCO)c1ccc2[nH]c(=O)[nH]c2c1. The van der Waals surface area contributed by atoms with Crippen LogP contribution in [-0.4, -0.2) is 28.4 Å². The van der Waals surface area contributed by atoms with Gasteiger partial charge in [0.2, 0.25) is 0 Å². The van der Waals surface area contributed by atoms with Crippen LogP contribution in [0.3, 0.4) is 0 Å². The van der Waals surface area contributed by atoms with Gasteiger partial charge in [0.15, 0.2) is 0 Å². The number of imidazole rings is 1. The van der Waals surface area contributed by atoms with E-state index < -0.39 is 0 Å². The number of fused-ring (bicyclic) bond motifs is 1. The highest BCUT2D eigenvalue weighted by Gasteiger charge is 2.20. The van der Waals surface area contributed by atoms with E-state index in [4.69, 9.17) is 5.11 Å². The molecule has 0 bridgehead atoms. The first kappa shape index (κ1) is 11.9. The van der Waals surface area contributed by atoms with Gasteiger partial charge < -0.3 is 15.1 Å². The van der Waals surface area contributed by atoms with Gasteiger partial charge in [-0.15, -0.1) is 0 Å². The van der Waals surface area contributed by atoms with Gasteiger partial charge in [-0.25, -0.2) is 4.79 Å². The molecule has 0 aliphatic heterocycles. The molecule has 1 aromatic carbocycles. The third-order valence-corrected chi connectivity index (χ3v) is 2.98. The van der Waals surface area contributed by atoms with Gasteiger partial charge in [-0.3, -0.25) is 5.32 Å². The smallest absolute Gasteiger partial charge is 0.323 e. The molecule has 5 nitrogen and oxygen atoms in total. The molecule has 1 heterocycles. The minimum Gasteiger partial charge on any atom is -0.381 e. The Morgan fingerprint density at radius 3 is 2.71 bits per heavy atom. The molecule has 1 aromatic heterocycles. The molecule has 0 spiro atoms. The summed E-state index contributed by atoms with van der Waals surface area (Å²) in [4.78, 5) is 16.6. The third-order valence-electron chi connectivity index (χ3n) is 2.98. The van der Waals surface area contributed by atoms with Crippen molar-refractivity contribution < 1.29 is 5.11 Å². The number of rotatable bonds is 4. The average Bonchev–Trinajstić information content (AvgIpc) is 2.65. The van der Waals surface area contributed by atoms with Crippen LogP contribution in [0.5, 0.6) is 0 Å². The molecule has 2 aromatic rings. The number of hydrogen-bond donors (Lipinski definition) is 4. The number of aromatic nitrogens is 2. The fourth-order valence-corrected chi connectivity index (χ4v) is 1.92. The zero-order chi connectivity index (χ0) is 12.5. The predicted molar refractivity (Wildman–Crippen MR) is 67.0 cm³/mol. The van der Waals surface area contributed by atoms with Crippen molar-refractivity contribution in [1.82, 2.24) is 15.3 Å². The quantitative estimate of drug-likeness (QED) is 0.588. The van der Waals surface area contributed by atoms with Crippen LogP contribution in [0.25, 0.3) is 11.0 Å². The van der Waals surface area contributed by atoms with Gasteiger partial charge in [0.05, 0.1) is 17.8 Å². The molecule has 0 amide bonds. The van der Waals surface area contributed by atoms with E-state index in [-0.39, 0.29) is 17.8 Å². The van der Waals surface area contributed by atoms with Crippen LogP contribution >= 0.6 is 0 Å². The minimum atomic E-state index is -0.191. The molecule has 4 N–H and O–H groups in total. The number of H-pyrrole nitrogens is 2. The molecule has 0 saturated carbocycles. The lowest BCUT2D eigenvalue weighted by atomic mass is 9.84. The Balaban J connectivity index is 2.37. The van der Waals surface area contributed by atoms with Crippen molar-refractivity contribution in [3.63, 3.8) is 0 Å². The van der Waals surface area contributed by atoms with E-state index in [2.05, 4.69) is 29.1 Å². The summed E-state index contributed by atoms with van der Waals surface area (Å²) < 4.78 is 0. The molecule has 0 fully saturated rings. The molecule has 0 aliphatic rings. The summed E-state index contributed by atoms with van der Waals surface area (Å²) in [5.41, 5.74) is 2.43. The Hall–Kier alpha value is -1.59. The van der Waals surface area contributed by atoms with Crippen molar-refractivity contribution in [2.75, 3.05) is 13.3 Å². The molecule has 0 radical (unpaired) electrons. The summed E-state index contributed by atoms with van der Waals surface area (Å²) in [6.07, 6.45) is 0. The summed E-state index contributed by atoms with van der Waals surface area (Å²) in [6, 6.07) is 5.85. The first-order valence-electron chi connectivity index (χ1n) is 5.57. The maximum absolute atomic E-state index is 11.2. The zero-order valence-electron chi connectivity index (χ0n) is 10.0. The topological polar surface area (TPSA) is 80.9 Å². The van der Waals surface area contributed by atoms with Crippen LogP contribution < -0.4 is 11.0 Å². The molecular weight excluding hydrogens is 218 g/mol. The Bertz CT molecular complexity index is 568. The van der Waals surface area contributed by atoms with Crippen molar-refractivity contribution in [2.45, 2.75) is 19.3 Å². The maximum Gasteiger partial charge on any atom is 0.323 e. The Morgan fingerprint density at radius 2 is 2.00 bits per heavy atom. The number of nitrogens with one attached hydrogen (secondary N) is 3. The van der Waals surface area contributed by atoms with E-state index in [0.717, 1.165) is 16.6 Å². The van der Waals surface area contributed by atoms with E-state index in [1.54, 1.807) is 0 Å². The van der Waals surface area contributed by atoms with E-state index in [1.807, 2.05) is 18.2 Å². The summed E-state index contributed by atoms with van der Waals surface area (Å²) >= 11 is 0. The maximum atomic E-state index is 11.2. The van der Waals surface area contributed by atoms with E-state index in [9.17, 15) is 4.79 Å². The summed E-state index contributed by atoms with van der Waals surface area (Å²) in [5, 5.41) is 11.7. The van der Waals surface area contributed by atoms with Crippen molar-refractivity contribution in [2.24, 2.45) is 0 Å². The highest BCUT2D eigenvalue weighted by atomic mass is 16.3. The van der Waals surface area contributed by atoms with Gasteiger partial charge in [-0.2, -0.15) is 0 Å². The number of benzene rings is 1. The van der Waals surface area contributed by atoms with Gasteiger partial charge in [0.25, 0.3) is 0 Å². The second-order valence-corrected chi connectivity index (χ2v) is 4.81. The third kappa shape index (κ3) is 2.40. The standard InChI is InChI=1S/C12H17N3O2/c1-12(2,6-13-7-16)8-3-4-9-10(5-8)15-11(17)14-9/h3-5,13,16H,6-7H2,1-2H3,(H2,14,15,17). The molecular formula is C12H17N3O2. The molecule has 17 heavy (non-hydrogen) atoms. The van der Waals surface area contributed by atoms with Crippen LogP contribution in [0.4, 0.5) is 0 Å². The second-order valence-electron chi connectivity index (χ2n) is 4.81. The Labute approximate surface area is 98.9 Å². The van der Waals surface area contributed by atoms with Crippen molar-refractivity contribution in [1.29, 1.82) is 0 Å². The average molecular weight is 235 g/mol. The van der Waals surface area contributed by atoms with Gasteiger partial charge in [-0.1, -0.05) is 19.9 Å². The first-order valence-corrected chi connectivity index (χ1v) is 5.57. The normalized spacial score (nSPS) is 12.2. The molecule has 92 valence electrons. The molecule has 0 saturated heterocycles. The lowest BCUT2D eigenvalue weighted by Gasteiger charge is -2.25. The highest BCUT2D eigenvalue weighted by molar-refractivity contribution is 5.75. The number of hydrogen-bond acceptors (Lipinski definition) is 3. The van der Waals surface area contributed by atoms with Gasteiger partial charge in [0.1, 0.15) is 0 Å². The molecule has 0 unspecified atom stereocenters. The van der Waals surface area contributed by atoms with Crippen molar-refractivity contribution >= 4 is 11.0 Å². The lowest BCUT2D eigenvalue weighted by Crippen LogP contribution is -2.33. The van der Waals surface area contributed by atoms with Gasteiger partial charge >= 0.3 is 5.69 Å². The fraction of sp³-hybridized carbons (Fsp3) is 0.417. The molecule has 0 aliphatic carbocycles. The van der Waals surface area contributed by atoms with Crippen LogP contribution in [0.15, 0.2) is 23.0 Å². The van der Waals surface area contributed by atoms with Crippen LogP contribution in [0.2, 0.25) is 0 Å². The van der Waals surface area contributed by atoms with Crippen LogP contribution in [-0.2, 0) is 5.41 Å². The Kier molecular flexibility index (Phi) is 3.04. The predicted octanol–water partition coefficient (Wildman–Crippen LogP) is 0.673. The van der Waals surface area contributed by atoms with E-state index in [1.165, 1.54) is 0 Å². The van der Waals surface area contributed by atoms with Gasteiger partial charge in [0, 0.05) is 12.0 Å². The fourth-order valence-electron chi connectivity index (χ4n) is 1.92. The molecule has 0 atom stereocenters. The van der Waals surface area contributed by atoms with Gasteiger partial charge in [-0.05, 0) is 17.7 Å². The summed E-state index contributed by atoms with van der Waals surface area (Å²) in [7, 11) is 0. The Morgan fingerprint density at radius 1 is 1.29 bits per heavy atom. The minimum absolute atomic E-state index is 0.0351. The summed E-state index contributed by atoms with van der Waals surface area (Å²) in [5.74, 6) is 0. The van der Waals surface area contributed by atoms with E-state index >= 15 is 0 Å². The second kappa shape index (κ2) is 4.35. The zero-order valence-corrected chi connectivity index (χ0v) is 10.0.